The Morgan fingerprint density at radius 3 is 2.52 bits per heavy atom. The van der Waals surface area contributed by atoms with E-state index in [1.54, 1.807) is 11.3 Å². The maximum Gasteiger partial charge on any atom is 0.143 e. The third-order valence-corrected chi connectivity index (χ3v) is 6.86. The summed E-state index contributed by atoms with van der Waals surface area (Å²) in [4.78, 5) is 4.97. The van der Waals surface area contributed by atoms with Gasteiger partial charge in [-0.05, 0) is 47.1 Å². The van der Waals surface area contributed by atoms with E-state index in [2.05, 4.69) is 87.5 Å². The van der Waals surface area contributed by atoms with Crippen molar-refractivity contribution in [3.63, 3.8) is 0 Å². The molecule has 3 heteroatoms. The van der Waals surface area contributed by atoms with Crippen molar-refractivity contribution in [2.24, 2.45) is 5.41 Å². The third kappa shape index (κ3) is 3.12. The summed E-state index contributed by atoms with van der Waals surface area (Å²) in [5.74, 6) is 0. The van der Waals surface area contributed by atoms with Gasteiger partial charge in [0.05, 0.1) is 10.2 Å². The Morgan fingerprint density at radius 2 is 1.68 bits per heavy atom. The van der Waals surface area contributed by atoms with Crippen molar-refractivity contribution in [1.29, 1.82) is 0 Å². The van der Waals surface area contributed by atoms with Gasteiger partial charge in [-0.1, -0.05) is 69.3 Å². The van der Waals surface area contributed by atoms with Gasteiger partial charge in [0.15, 0.2) is 0 Å². The number of benzene rings is 4. The van der Waals surface area contributed by atoms with Crippen molar-refractivity contribution in [1.82, 2.24) is 4.98 Å². The predicted molar refractivity (Wildman–Crippen MR) is 133 cm³/mol. The van der Waals surface area contributed by atoms with E-state index in [9.17, 15) is 0 Å². The summed E-state index contributed by atoms with van der Waals surface area (Å²) in [6.45, 7) is 6.82. The largest absolute Gasteiger partial charge is 0.455 e. The molecule has 0 radical (unpaired) electrons. The Labute approximate surface area is 185 Å². The van der Waals surface area contributed by atoms with Crippen LogP contribution in [0, 0.1) is 5.41 Å². The Hall–Kier alpha value is -3.17. The number of hydrogen-bond donors (Lipinski definition) is 0. The van der Waals surface area contributed by atoms with Crippen molar-refractivity contribution in [2.75, 3.05) is 0 Å². The Balaban J connectivity index is 1.69. The fraction of sp³-hybridized carbons (Fsp3) is 0.179. The predicted octanol–water partition coefficient (Wildman–Crippen LogP) is 8.60. The van der Waals surface area contributed by atoms with Crippen LogP contribution in [0.3, 0.4) is 0 Å². The van der Waals surface area contributed by atoms with Crippen molar-refractivity contribution in [3.8, 4) is 10.6 Å². The summed E-state index contributed by atoms with van der Waals surface area (Å²) in [6, 6.07) is 25.8. The van der Waals surface area contributed by atoms with Gasteiger partial charge in [0.2, 0.25) is 0 Å². The first kappa shape index (κ1) is 18.6. The second-order valence-electron chi connectivity index (χ2n) is 9.51. The highest BCUT2D eigenvalue weighted by Gasteiger charge is 2.19. The van der Waals surface area contributed by atoms with Crippen molar-refractivity contribution < 1.29 is 4.42 Å². The first-order valence-electron chi connectivity index (χ1n) is 10.7. The van der Waals surface area contributed by atoms with Crippen molar-refractivity contribution in [3.05, 3.63) is 78.4 Å². The van der Waals surface area contributed by atoms with Crippen LogP contribution in [0.15, 0.2) is 77.2 Å². The molecule has 2 heterocycles. The first-order valence-corrected chi connectivity index (χ1v) is 11.5. The van der Waals surface area contributed by atoms with E-state index in [1.807, 2.05) is 6.07 Å². The zero-order chi connectivity index (χ0) is 21.2. The molecule has 0 N–H and O–H groups in total. The molecule has 0 atom stereocenters. The van der Waals surface area contributed by atoms with Gasteiger partial charge in [-0.25, -0.2) is 4.98 Å². The molecular formula is C28H23NOS. The van der Waals surface area contributed by atoms with Crippen LogP contribution in [-0.2, 0) is 6.42 Å². The molecule has 0 aliphatic heterocycles. The summed E-state index contributed by atoms with van der Waals surface area (Å²) < 4.78 is 7.74. The minimum absolute atomic E-state index is 0.235. The molecule has 4 aromatic carbocycles. The molecule has 152 valence electrons. The standard InChI is InChI=1S/C28H23NOS/c1-28(2,3)16-17-12-13-20-23(14-17)30-26-19-9-5-4-8-18(19)15-21(25(20)26)27-29-22-10-6-7-11-24(22)31-27/h4-15H,16H2,1-3H3. The molecule has 0 aliphatic carbocycles. The lowest BCUT2D eigenvalue weighted by Crippen LogP contribution is -2.08. The molecule has 0 saturated carbocycles. The van der Waals surface area contributed by atoms with Crippen molar-refractivity contribution >= 4 is 54.3 Å². The normalized spacial score (nSPS) is 12.5. The SMILES string of the molecule is CC(C)(C)Cc1ccc2c(c1)oc1c3ccccc3cc(-c3nc4ccccc4s3)c21. The number of aromatic nitrogens is 1. The molecule has 0 aliphatic rings. The van der Waals surface area contributed by atoms with Crippen LogP contribution in [0.5, 0.6) is 0 Å². The van der Waals surface area contributed by atoms with E-state index in [4.69, 9.17) is 9.40 Å². The number of para-hydroxylation sites is 1. The molecule has 6 rings (SSSR count). The van der Waals surface area contributed by atoms with Gasteiger partial charge in [0.1, 0.15) is 16.2 Å². The number of thiazole rings is 1. The van der Waals surface area contributed by atoms with Gasteiger partial charge in [0, 0.05) is 21.7 Å². The highest BCUT2D eigenvalue weighted by atomic mass is 32.1. The molecular weight excluding hydrogens is 398 g/mol. The summed E-state index contributed by atoms with van der Waals surface area (Å²) in [6.07, 6.45) is 1.02. The summed E-state index contributed by atoms with van der Waals surface area (Å²) >= 11 is 1.74. The highest BCUT2D eigenvalue weighted by Crippen LogP contribution is 2.43. The van der Waals surface area contributed by atoms with Gasteiger partial charge >= 0.3 is 0 Å². The van der Waals surface area contributed by atoms with Crippen LogP contribution < -0.4 is 0 Å². The topological polar surface area (TPSA) is 26.0 Å². The fourth-order valence-corrected chi connectivity index (χ4v) is 5.52. The molecule has 2 aromatic heterocycles. The average Bonchev–Trinajstić information content (AvgIpc) is 3.33. The Bertz CT molecular complexity index is 1560. The number of fused-ring (bicyclic) bond motifs is 6. The van der Waals surface area contributed by atoms with Crippen LogP contribution in [0.2, 0.25) is 0 Å². The van der Waals surface area contributed by atoms with E-state index in [0.717, 1.165) is 49.8 Å². The Morgan fingerprint density at radius 1 is 0.871 bits per heavy atom. The molecule has 2 nitrogen and oxygen atoms in total. The quantitative estimate of drug-likeness (QED) is 0.280. The van der Waals surface area contributed by atoms with E-state index in [0.29, 0.717) is 0 Å². The number of furan rings is 1. The van der Waals surface area contributed by atoms with Gasteiger partial charge in [-0.15, -0.1) is 11.3 Å². The summed E-state index contributed by atoms with van der Waals surface area (Å²) in [5, 5.41) is 5.69. The van der Waals surface area contributed by atoms with E-state index in [-0.39, 0.29) is 5.41 Å². The van der Waals surface area contributed by atoms with Gasteiger partial charge in [-0.2, -0.15) is 0 Å². The van der Waals surface area contributed by atoms with Crippen LogP contribution in [0.1, 0.15) is 26.3 Å². The minimum atomic E-state index is 0.235. The van der Waals surface area contributed by atoms with Crippen molar-refractivity contribution in [2.45, 2.75) is 27.2 Å². The second kappa shape index (κ2) is 6.66. The van der Waals surface area contributed by atoms with E-state index < -0.39 is 0 Å². The maximum absolute atomic E-state index is 6.53. The molecule has 0 bridgehead atoms. The molecule has 31 heavy (non-hydrogen) atoms. The van der Waals surface area contributed by atoms with Gasteiger partial charge < -0.3 is 4.42 Å². The average molecular weight is 422 g/mol. The lowest BCUT2D eigenvalue weighted by molar-refractivity contribution is 0.411. The fourth-order valence-electron chi connectivity index (χ4n) is 4.53. The zero-order valence-electron chi connectivity index (χ0n) is 17.9. The van der Waals surface area contributed by atoms with Crippen LogP contribution in [0.4, 0.5) is 0 Å². The minimum Gasteiger partial charge on any atom is -0.455 e. The molecule has 6 aromatic rings. The Kier molecular flexibility index (Phi) is 4.00. The van der Waals surface area contributed by atoms with E-state index in [1.165, 1.54) is 15.6 Å². The summed E-state index contributed by atoms with van der Waals surface area (Å²) in [5.41, 5.74) is 5.65. The van der Waals surface area contributed by atoms with Crippen LogP contribution >= 0.6 is 11.3 Å². The first-order chi connectivity index (χ1) is 15.0. The van der Waals surface area contributed by atoms with Gasteiger partial charge in [0.25, 0.3) is 0 Å². The third-order valence-electron chi connectivity index (χ3n) is 5.79. The molecule has 0 amide bonds. The zero-order valence-corrected chi connectivity index (χ0v) is 18.7. The van der Waals surface area contributed by atoms with Gasteiger partial charge in [-0.3, -0.25) is 0 Å². The van der Waals surface area contributed by atoms with Crippen LogP contribution in [-0.4, -0.2) is 4.98 Å². The number of hydrogen-bond acceptors (Lipinski definition) is 3. The summed E-state index contributed by atoms with van der Waals surface area (Å²) in [7, 11) is 0. The van der Waals surface area contributed by atoms with E-state index >= 15 is 0 Å². The smallest absolute Gasteiger partial charge is 0.143 e. The number of nitrogens with zero attached hydrogens (tertiary/aromatic N) is 1. The maximum atomic E-state index is 6.53. The lowest BCUT2D eigenvalue weighted by Gasteiger charge is -2.17. The van der Waals surface area contributed by atoms with Crippen LogP contribution in [0.25, 0.3) is 53.5 Å². The molecule has 0 unspecified atom stereocenters. The molecule has 0 spiro atoms. The second-order valence-corrected chi connectivity index (χ2v) is 10.5. The monoisotopic (exact) mass is 421 g/mol. The highest BCUT2D eigenvalue weighted by molar-refractivity contribution is 7.21. The molecule has 0 saturated heterocycles. The lowest BCUT2D eigenvalue weighted by atomic mass is 9.88. The molecule has 0 fully saturated rings. The number of rotatable bonds is 2.